The van der Waals surface area contributed by atoms with Gasteiger partial charge in [0, 0.05) is 6.54 Å². The second-order valence-electron chi connectivity index (χ2n) is 4.72. The van der Waals surface area contributed by atoms with E-state index in [4.69, 9.17) is 15.2 Å². The summed E-state index contributed by atoms with van der Waals surface area (Å²) >= 11 is 0. The maximum Gasteiger partial charge on any atom is 0.202 e. The lowest BCUT2D eigenvalue weighted by atomic mass is 10.3. The molecule has 104 valence electrons. The van der Waals surface area contributed by atoms with Gasteiger partial charge in [-0.05, 0) is 13.8 Å². The van der Waals surface area contributed by atoms with Gasteiger partial charge in [0.05, 0.1) is 38.2 Å². The van der Waals surface area contributed by atoms with E-state index < -0.39 is 0 Å². The zero-order chi connectivity index (χ0) is 13.4. The largest absolute Gasteiger partial charge is 0.376 e. The van der Waals surface area contributed by atoms with E-state index in [1.54, 1.807) is 0 Å². The predicted octanol–water partition coefficient (Wildman–Crippen LogP) is 0.559. The predicted molar refractivity (Wildman–Crippen MR) is 70.9 cm³/mol. The van der Waals surface area contributed by atoms with Gasteiger partial charge in [-0.1, -0.05) is 0 Å². The molecule has 0 aliphatic carbocycles. The molecule has 3 rings (SSSR count). The summed E-state index contributed by atoms with van der Waals surface area (Å²) in [5.74, 6) is 0.506. The van der Waals surface area contributed by atoms with Crippen molar-refractivity contribution in [1.29, 1.82) is 0 Å². The first-order valence-corrected chi connectivity index (χ1v) is 6.59. The lowest BCUT2D eigenvalue weighted by Gasteiger charge is -2.23. The first kappa shape index (κ1) is 12.4. The third kappa shape index (κ3) is 2.08. The maximum atomic E-state index is 6.02. The fourth-order valence-electron chi connectivity index (χ4n) is 2.49. The summed E-state index contributed by atoms with van der Waals surface area (Å²) in [5, 5.41) is 4.47. The van der Waals surface area contributed by atoms with E-state index in [9.17, 15) is 0 Å². The number of rotatable bonds is 3. The van der Waals surface area contributed by atoms with Gasteiger partial charge in [-0.25, -0.2) is 9.67 Å². The zero-order valence-electron chi connectivity index (χ0n) is 11.3. The van der Waals surface area contributed by atoms with Crippen LogP contribution in [0.3, 0.4) is 0 Å². The van der Waals surface area contributed by atoms with Gasteiger partial charge in [-0.2, -0.15) is 5.10 Å². The average Bonchev–Trinajstić information content (AvgIpc) is 2.90. The molecule has 2 aromatic heterocycles. The molecule has 0 saturated carbocycles. The number of hydrogen-bond acceptors (Lipinski definition) is 5. The molecule has 0 radical (unpaired) electrons. The molecule has 2 aromatic rings. The van der Waals surface area contributed by atoms with Gasteiger partial charge in [0.1, 0.15) is 5.52 Å². The van der Waals surface area contributed by atoms with E-state index in [0.717, 1.165) is 23.4 Å². The summed E-state index contributed by atoms with van der Waals surface area (Å²) in [4.78, 5) is 4.41. The Balaban J connectivity index is 1.99. The highest BCUT2D eigenvalue weighted by Gasteiger charge is 2.21. The Bertz CT molecular complexity index is 582. The Morgan fingerprint density at radius 2 is 2.26 bits per heavy atom. The molecular formula is C12H19N5O2. The second-order valence-corrected chi connectivity index (χ2v) is 4.72. The number of nitrogen functional groups attached to an aromatic ring is 1. The molecule has 0 amide bonds. The summed E-state index contributed by atoms with van der Waals surface area (Å²) in [6.45, 7) is 7.33. The van der Waals surface area contributed by atoms with Crippen molar-refractivity contribution < 1.29 is 9.47 Å². The van der Waals surface area contributed by atoms with Gasteiger partial charge in [-0.15, -0.1) is 0 Å². The van der Waals surface area contributed by atoms with Crippen molar-refractivity contribution in [3.05, 3.63) is 5.69 Å². The van der Waals surface area contributed by atoms with Crippen LogP contribution < -0.4 is 5.73 Å². The van der Waals surface area contributed by atoms with Crippen molar-refractivity contribution in [2.45, 2.75) is 33.0 Å². The van der Waals surface area contributed by atoms with Gasteiger partial charge >= 0.3 is 0 Å². The quantitative estimate of drug-likeness (QED) is 0.877. The van der Waals surface area contributed by atoms with E-state index in [1.807, 2.05) is 16.2 Å². The fourth-order valence-corrected chi connectivity index (χ4v) is 2.49. The third-order valence-electron chi connectivity index (χ3n) is 3.40. The third-order valence-corrected chi connectivity index (χ3v) is 3.40. The summed E-state index contributed by atoms with van der Waals surface area (Å²) < 4.78 is 15.0. The second kappa shape index (κ2) is 4.82. The van der Waals surface area contributed by atoms with Crippen molar-refractivity contribution in [2.75, 3.05) is 25.6 Å². The SMILES string of the molecule is CCn1nc(C)c2nc(N)n(CC3COCCO3)c21. The summed E-state index contributed by atoms with van der Waals surface area (Å²) in [7, 11) is 0. The number of nitrogens with zero attached hydrogens (tertiary/aromatic N) is 4. The fraction of sp³-hybridized carbons (Fsp3) is 0.667. The van der Waals surface area contributed by atoms with Crippen LogP contribution in [0.5, 0.6) is 0 Å². The molecule has 0 spiro atoms. The molecule has 1 atom stereocenters. The number of ether oxygens (including phenoxy) is 2. The van der Waals surface area contributed by atoms with E-state index in [1.165, 1.54) is 0 Å². The number of nitrogens with two attached hydrogens (primary N) is 1. The number of hydrogen-bond donors (Lipinski definition) is 1. The van der Waals surface area contributed by atoms with Crippen molar-refractivity contribution in [3.8, 4) is 0 Å². The van der Waals surface area contributed by atoms with E-state index in [2.05, 4.69) is 17.0 Å². The highest BCUT2D eigenvalue weighted by Crippen LogP contribution is 2.22. The normalized spacial score (nSPS) is 20.2. The van der Waals surface area contributed by atoms with Crippen LogP contribution >= 0.6 is 0 Å². The minimum absolute atomic E-state index is 0.0222. The topological polar surface area (TPSA) is 80.1 Å². The van der Waals surface area contributed by atoms with Crippen LogP contribution in [0.4, 0.5) is 5.95 Å². The Kier molecular flexibility index (Phi) is 3.16. The molecule has 1 aliphatic rings. The van der Waals surface area contributed by atoms with Crippen molar-refractivity contribution in [1.82, 2.24) is 19.3 Å². The Morgan fingerprint density at radius 1 is 1.42 bits per heavy atom. The molecule has 7 nitrogen and oxygen atoms in total. The molecular weight excluding hydrogens is 246 g/mol. The number of imidazole rings is 1. The number of fused-ring (bicyclic) bond motifs is 1. The molecule has 0 aromatic carbocycles. The smallest absolute Gasteiger partial charge is 0.202 e. The first-order chi connectivity index (χ1) is 9.20. The van der Waals surface area contributed by atoms with Crippen LogP contribution in [0, 0.1) is 6.92 Å². The van der Waals surface area contributed by atoms with Crippen molar-refractivity contribution in [2.24, 2.45) is 0 Å². The zero-order valence-corrected chi connectivity index (χ0v) is 11.3. The molecule has 7 heteroatoms. The summed E-state index contributed by atoms with van der Waals surface area (Å²) in [6, 6.07) is 0. The molecule has 3 heterocycles. The molecule has 0 bridgehead atoms. The summed E-state index contributed by atoms with van der Waals surface area (Å²) in [6.07, 6.45) is 0.0222. The van der Waals surface area contributed by atoms with E-state index in [-0.39, 0.29) is 6.10 Å². The van der Waals surface area contributed by atoms with E-state index in [0.29, 0.717) is 32.3 Å². The van der Waals surface area contributed by atoms with Crippen LogP contribution in [0.15, 0.2) is 0 Å². The van der Waals surface area contributed by atoms with Gasteiger partial charge in [-0.3, -0.25) is 4.57 Å². The minimum Gasteiger partial charge on any atom is -0.376 e. The van der Waals surface area contributed by atoms with Crippen LogP contribution in [0.2, 0.25) is 0 Å². The Hall–Kier alpha value is -1.60. The lowest BCUT2D eigenvalue weighted by Crippen LogP contribution is -2.32. The highest BCUT2D eigenvalue weighted by molar-refractivity contribution is 5.77. The van der Waals surface area contributed by atoms with Crippen LogP contribution in [0.1, 0.15) is 12.6 Å². The standard InChI is InChI=1S/C12H19N5O2/c1-3-17-11-10(8(2)15-17)14-12(13)16(11)6-9-7-18-4-5-19-9/h9H,3-7H2,1-2H3,(H2,13,14). The molecule has 1 aliphatic heterocycles. The highest BCUT2D eigenvalue weighted by atomic mass is 16.6. The molecule has 1 saturated heterocycles. The van der Waals surface area contributed by atoms with Crippen LogP contribution in [-0.2, 0) is 22.6 Å². The maximum absolute atomic E-state index is 6.02. The first-order valence-electron chi connectivity index (χ1n) is 6.59. The van der Waals surface area contributed by atoms with Crippen LogP contribution in [-0.4, -0.2) is 45.3 Å². The Labute approximate surface area is 111 Å². The molecule has 1 fully saturated rings. The van der Waals surface area contributed by atoms with Gasteiger partial charge in [0.25, 0.3) is 0 Å². The Morgan fingerprint density at radius 3 is 2.95 bits per heavy atom. The minimum atomic E-state index is 0.0222. The van der Waals surface area contributed by atoms with Crippen LogP contribution in [0.25, 0.3) is 11.2 Å². The van der Waals surface area contributed by atoms with E-state index >= 15 is 0 Å². The van der Waals surface area contributed by atoms with Crippen molar-refractivity contribution >= 4 is 17.1 Å². The van der Waals surface area contributed by atoms with Gasteiger partial charge in [0.2, 0.25) is 5.95 Å². The molecule has 19 heavy (non-hydrogen) atoms. The van der Waals surface area contributed by atoms with Gasteiger partial charge in [0.15, 0.2) is 5.65 Å². The molecule has 2 N–H and O–H groups in total. The molecule has 1 unspecified atom stereocenters. The summed E-state index contributed by atoms with van der Waals surface area (Å²) in [5.41, 5.74) is 8.76. The number of anilines is 1. The monoisotopic (exact) mass is 265 g/mol. The lowest BCUT2D eigenvalue weighted by molar-refractivity contribution is -0.0931. The van der Waals surface area contributed by atoms with Crippen molar-refractivity contribution in [3.63, 3.8) is 0 Å². The average molecular weight is 265 g/mol. The number of aromatic nitrogens is 4. The number of aryl methyl sites for hydroxylation is 2. The van der Waals surface area contributed by atoms with Gasteiger partial charge < -0.3 is 15.2 Å².